The van der Waals surface area contributed by atoms with E-state index in [0.717, 1.165) is 29.5 Å². The Bertz CT molecular complexity index is 395. The summed E-state index contributed by atoms with van der Waals surface area (Å²) in [6.45, 7) is 10.6. The number of aryl methyl sites for hydroxylation is 1. The van der Waals surface area contributed by atoms with Crippen molar-refractivity contribution in [1.29, 1.82) is 0 Å². The standard InChI is InChI=1S/C12H20N4.C4H10/c1-5-6-7-8-13-11-10(2)14-9-15-12(11)16(3)4;1-4(2)3/h8-9H,5-7H2,1-4H3;4H,1-3H3. The normalized spacial score (nSPS) is 10.6. The van der Waals surface area contributed by atoms with Crippen LogP contribution in [-0.4, -0.2) is 30.3 Å². The second kappa shape index (κ2) is 10.4. The second-order valence-electron chi connectivity index (χ2n) is 5.71. The summed E-state index contributed by atoms with van der Waals surface area (Å²) in [5, 5.41) is 0. The molecule has 0 aliphatic rings. The molecule has 0 saturated carbocycles. The molecule has 1 aromatic rings. The largest absolute Gasteiger partial charge is 0.361 e. The van der Waals surface area contributed by atoms with Crippen LogP contribution in [-0.2, 0) is 0 Å². The molecule has 0 atom stereocenters. The SMILES string of the molecule is CC(C)C.CCCCC=Nc1c(C)ncnc1N(C)C. The van der Waals surface area contributed by atoms with Gasteiger partial charge in [-0.05, 0) is 25.7 Å². The van der Waals surface area contributed by atoms with Crippen molar-refractivity contribution in [2.24, 2.45) is 10.9 Å². The number of anilines is 1. The highest BCUT2D eigenvalue weighted by Gasteiger charge is 2.07. The van der Waals surface area contributed by atoms with Crippen molar-refractivity contribution < 1.29 is 0 Å². The number of unbranched alkanes of at least 4 members (excludes halogenated alkanes) is 2. The van der Waals surface area contributed by atoms with E-state index >= 15 is 0 Å². The molecular formula is C16H30N4. The zero-order chi connectivity index (χ0) is 15.5. The van der Waals surface area contributed by atoms with E-state index in [1.165, 1.54) is 12.8 Å². The molecule has 0 fully saturated rings. The summed E-state index contributed by atoms with van der Waals surface area (Å²) in [6.07, 6.45) is 6.92. The third-order valence-corrected chi connectivity index (χ3v) is 2.32. The lowest BCUT2D eigenvalue weighted by molar-refractivity contribution is 0.737. The first kappa shape index (κ1) is 18.6. The highest BCUT2D eigenvalue weighted by atomic mass is 15.2. The van der Waals surface area contributed by atoms with Crippen molar-refractivity contribution in [3.8, 4) is 0 Å². The molecule has 1 rings (SSSR count). The molecule has 0 amide bonds. The highest BCUT2D eigenvalue weighted by molar-refractivity contribution is 5.71. The number of aliphatic imine (C=N–C) groups is 1. The van der Waals surface area contributed by atoms with Crippen LogP contribution in [0.25, 0.3) is 0 Å². The molecule has 0 radical (unpaired) electrons. The molecule has 4 nitrogen and oxygen atoms in total. The Hall–Kier alpha value is -1.45. The Morgan fingerprint density at radius 1 is 1.25 bits per heavy atom. The van der Waals surface area contributed by atoms with Gasteiger partial charge in [0.2, 0.25) is 0 Å². The van der Waals surface area contributed by atoms with E-state index in [1.807, 2.05) is 32.1 Å². The van der Waals surface area contributed by atoms with Crippen LogP contribution in [0.15, 0.2) is 11.3 Å². The van der Waals surface area contributed by atoms with Gasteiger partial charge in [0, 0.05) is 20.3 Å². The Morgan fingerprint density at radius 3 is 2.35 bits per heavy atom. The van der Waals surface area contributed by atoms with Crippen LogP contribution in [0.4, 0.5) is 11.5 Å². The van der Waals surface area contributed by atoms with Crippen molar-refractivity contribution in [2.75, 3.05) is 19.0 Å². The van der Waals surface area contributed by atoms with E-state index in [9.17, 15) is 0 Å². The fourth-order valence-electron chi connectivity index (χ4n) is 1.38. The number of hydrogen-bond acceptors (Lipinski definition) is 4. The first-order valence-corrected chi connectivity index (χ1v) is 7.41. The number of hydrogen-bond donors (Lipinski definition) is 0. The molecule has 4 heteroatoms. The summed E-state index contributed by atoms with van der Waals surface area (Å²) in [6, 6.07) is 0. The third-order valence-electron chi connectivity index (χ3n) is 2.32. The number of rotatable bonds is 5. The van der Waals surface area contributed by atoms with Crippen molar-refractivity contribution >= 4 is 17.7 Å². The van der Waals surface area contributed by atoms with Gasteiger partial charge >= 0.3 is 0 Å². The summed E-state index contributed by atoms with van der Waals surface area (Å²) >= 11 is 0. The molecule has 0 spiro atoms. The van der Waals surface area contributed by atoms with Gasteiger partial charge in [-0.25, -0.2) is 9.97 Å². The smallest absolute Gasteiger partial charge is 0.157 e. The topological polar surface area (TPSA) is 41.4 Å². The molecule has 1 aromatic heterocycles. The van der Waals surface area contributed by atoms with E-state index < -0.39 is 0 Å². The molecule has 20 heavy (non-hydrogen) atoms. The van der Waals surface area contributed by atoms with E-state index in [1.54, 1.807) is 6.33 Å². The van der Waals surface area contributed by atoms with Gasteiger partial charge < -0.3 is 4.90 Å². The molecule has 0 unspecified atom stereocenters. The van der Waals surface area contributed by atoms with Gasteiger partial charge in [-0.2, -0.15) is 0 Å². The Balaban J connectivity index is 0.000000796. The maximum atomic E-state index is 4.47. The van der Waals surface area contributed by atoms with Crippen LogP contribution in [0, 0.1) is 12.8 Å². The average molecular weight is 278 g/mol. The molecule has 1 heterocycles. The van der Waals surface area contributed by atoms with E-state index in [4.69, 9.17) is 0 Å². The Labute approximate surface area is 124 Å². The van der Waals surface area contributed by atoms with Gasteiger partial charge in [0.25, 0.3) is 0 Å². The van der Waals surface area contributed by atoms with Crippen LogP contribution in [0.2, 0.25) is 0 Å². The Kier molecular flexibility index (Phi) is 9.60. The lowest BCUT2D eigenvalue weighted by Crippen LogP contribution is -2.11. The van der Waals surface area contributed by atoms with E-state index in [2.05, 4.69) is 42.7 Å². The van der Waals surface area contributed by atoms with Crippen molar-refractivity contribution in [2.45, 2.75) is 53.9 Å². The van der Waals surface area contributed by atoms with Gasteiger partial charge in [-0.1, -0.05) is 34.1 Å². The summed E-state index contributed by atoms with van der Waals surface area (Å²) in [5.74, 6) is 1.71. The summed E-state index contributed by atoms with van der Waals surface area (Å²) < 4.78 is 0. The minimum atomic E-state index is 0.833. The minimum absolute atomic E-state index is 0.833. The van der Waals surface area contributed by atoms with Crippen molar-refractivity contribution in [1.82, 2.24) is 9.97 Å². The molecule has 0 bridgehead atoms. The van der Waals surface area contributed by atoms with Crippen LogP contribution in [0.3, 0.4) is 0 Å². The molecular weight excluding hydrogens is 248 g/mol. The van der Waals surface area contributed by atoms with Crippen molar-refractivity contribution in [3.63, 3.8) is 0 Å². The monoisotopic (exact) mass is 278 g/mol. The van der Waals surface area contributed by atoms with E-state index in [0.29, 0.717) is 0 Å². The van der Waals surface area contributed by atoms with Crippen LogP contribution in [0.5, 0.6) is 0 Å². The zero-order valence-electron chi connectivity index (χ0n) is 14.1. The summed E-state index contributed by atoms with van der Waals surface area (Å²) in [4.78, 5) is 14.8. The van der Waals surface area contributed by atoms with Gasteiger partial charge in [0.1, 0.15) is 12.0 Å². The van der Waals surface area contributed by atoms with Crippen molar-refractivity contribution in [3.05, 3.63) is 12.0 Å². The van der Waals surface area contributed by atoms with Gasteiger partial charge in [-0.3, -0.25) is 4.99 Å². The maximum absolute atomic E-state index is 4.47. The number of nitrogens with zero attached hydrogens (tertiary/aromatic N) is 4. The van der Waals surface area contributed by atoms with Gasteiger partial charge in [0.05, 0.1) is 5.69 Å². The molecule has 0 aromatic carbocycles. The first-order chi connectivity index (χ1) is 9.40. The second-order valence-corrected chi connectivity index (χ2v) is 5.71. The van der Waals surface area contributed by atoms with Crippen LogP contribution >= 0.6 is 0 Å². The lowest BCUT2D eigenvalue weighted by atomic mass is 10.3. The average Bonchev–Trinajstić information content (AvgIpc) is 2.35. The maximum Gasteiger partial charge on any atom is 0.157 e. The van der Waals surface area contributed by atoms with Gasteiger partial charge in [-0.15, -0.1) is 0 Å². The molecule has 0 aliphatic heterocycles. The predicted molar refractivity (Wildman–Crippen MR) is 89.3 cm³/mol. The lowest BCUT2D eigenvalue weighted by Gasteiger charge is -2.14. The quantitative estimate of drug-likeness (QED) is 0.592. The summed E-state index contributed by atoms with van der Waals surface area (Å²) in [5.41, 5.74) is 1.80. The minimum Gasteiger partial charge on any atom is -0.361 e. The van der Waals surface area contributed by atoms with E-state index in [-0.39, 0.29) is 0 Å². The Morgan fingerprint density at radius 2 is 1.85 bits per heavy atom. The summed E-state index contributed by atoms with van der Waals surface area (Å²) in [7, 11) is 3.93. The molecule has 0 N–H and O–H groups in total. The van der Waals surface area contributed by atoms with Crippen LogP contribution < -0.4 is 4.90 Å². The fourth-order valence-corrected chi connectivity index (χ4v) is 1.38. The molecule has 0 aliphatic carbocycles. The van der Waals surface area contributed by atoms with Crippen LogP contribution in [0.1, 0.15) is 52.7 Å². The first-order valence-electron chi connectivity index (χ1n) is 7.41. The number of aromatic nitrogens is 2. The predicted octanol–water partition coefficient (Wildman–Crippen LogP) is 4.41. The molecule has 114 valence electrons. The molecule has 0 saturated heterocycles. The fraction of sp³-hybridized carbons (Fsp3) is 0.688. The third kappa shape index (κ3) is 7.87. The highest BCUT2D eigenvalue weighted by Crippen LogP contribution is 2.26. The zero-order valence-corrected chi connectivity index (χ0v) is 14.1. The van der Waals surface area contributed by atoms with Gasteiger partial charge in [0.15, 0.2) is 5.82 Å².